The maximum Gasteiger partial charge on any atom is 0.569 e. The van der Waals surface area contributed by atoms with Crippen LogP contribution in [0.3, 0.4) is 0 Å². The second kappa shape index (κ2) is 4.62. The summed E-state index contributed by atoms with van der Waals surface area (Å²) in [5.74, 6) is 0.607. The predicted octanol–water partition coefficient (Wildman–Crippen LogP) is 1.65. The van der Waals surface area contributed by atoms with Crippen LogP contribution in [0.5, 0.6) is 5.75 Å². The Hall–Kier alpha value is -1.81. The molecule has 0 aliphatic rings. The van der Waals surface area contributed by atoms with E-state index in [9.17, 15) is 0 Å². The molecule has 1 heterocycles. The highest BCUT2D eigenvalue weighted by Gasteiger charge is 1.98. The van der Waals surface area contributed by atoms with Crippen molar-refractivity contribution >= 4 is 7.69 Å². The van der Waals surface area contributed by atoms with Crippen molar-refractivity contribution in [3.8, 4) is 16.9 Å². The summed E-state index contributed by atoms with van der Waals surface area (Å²) in [4.78, 5) is 3.96. The van der Waals surface area contributed by atoms with Gasteiger partial charge in [-0.25, -0.2) is 0 Å². The zero-order valence-electron chi connectivity index (χ0n) is 8.00. The van der Waals surface area contributed by atoms with Crippen LogP contribution >= 0.6 is 0 Å². The highest BCUT2D eigenvalue weighted by atomic mass is 16.5. The third-order valence-electron chi connectivity index (χ3n) is 2.06. The van der Waals surface area contributed by atoms with Crippen LogP contribution in [-0.2, 0) is 0 Å². The Kier molecular flexibility index (Phi) is 3.00. The molecule has 0 fully saturated rings. The van der Waals surface area contributed by atoms with Gasteiger partial charge in [-0.15, -0.1) is 0 Å². The fourth-order valence-corrected chi connectivity index (χ4v) is 1.33. The molecule has 4 heteroatoms. The van der Waals surface area contributed by atoms with Gasteiger partial charge in [0, 0.05) is 12.4 Å². The maximum absolute atomic E-state index is 8.45. The Morgan fingerprint density at radius 3 is 2.13 bits per heavy atom. The van der Waals surface area contributed by atoms with Crippen LogP contribution in [0.15, 0.2) is 48.8 Å². The molecule has 2 rings (SSSR count). The first kappa shape index (κ1) is 9.74. The lowest BCUT2D eigenvalue weighted by Crippen LogP contribution is -1.99. The quantitative estimate of drug-likeness (QED) is 0.762. The minimum Gasteiger partial charge on any atom is -0.537 e. The monoisotopic (exact) mass is 198 g/mol. The van der Waals surface area contributed by atoms with Crippen molar-refractivity contribution in [1.29, 1.82) is 0 Å². The number of pyridine rings is 1. The number of hydrogen-bond acceptors (Lipinski definition) is 3. The minimum atomic E-state index is 0.607. The molecule has 15 heavy (non-hydrogen) atoms. The van der Waals surface area contributed by atoms with Gasteiger partial charge in [-0.3, -0.25) is 4.98 Å². The van der Waals surface area contributed by atoms with Gasteiger partial charge in [0.1, 0.15) is 5.75 Å². The van der Waals surface area contributed by atoms with Crippen molar-refractivity contribution in [2.24, 2.45) is 0 Å². The SMILES string of the molecule is O[B]Oc1ccc(-c2ccncc2)cc1. The first-order chi connectivity index (χ1) is 7.40. The summed E-state index contributed by atoms with van der Waals surface area (Å²) in [6.45, 7) is 0. The van der Waals surface area contributed by atoms with E-state index in [0.717, 1.165) is 11.1 Å². The maximum atomic E-state index is 8.45. The molecule has 0 saturated carbocycles. The first-order valence-electron chi connectivity index (χ1n) is 4.53. The van der Waals surface area contributed by atoms with E-state index in [4.69, 9.17) is 9.68 Å². The molecule has 0 bridgehead atoms. The summed E-state index contributed by atoms with van der Waals surface area (Å²) in [5, 5.41) is 8.45. The Bertz CT molecular complexity index is 416. The Labute approximate surface area is 88.7 Å². The molecule has 73 valence electrons. The number of nitrogens with zero attached hydrogens (tertiary/aromatic N) is 1. The summed E-state index contributed by atoms with van der Waals surface area (Å²) in [5.41, 5.74) is 2.19. The van der Waals surface area contributed by atoms with E-state index in [1.54, 1.807) is 24.5 Å². The summed E-state index contributed by atoms with van der Waals surface area (Å²) in [6, 6.07) is 11.3. The van der Waals surface area contributed by atoms with Gasteiger partial charge in [-0.05, 0) is 35.4 Å². The number of rotatable bonds is 3. The van der Waals surface area contributed by atoms with Gasteiger partial charge in [0.15, 0.2) is 0 Å². The second-order valence-corrected chi connectivity index (χ2v) is 2.98. The summed E-state index contributed by atoms with van der Waals surface area (Å²) < 4.78 is 4.81. The molecule has 0 amide bonds. The van der Waals surface area contributed by atoms with Crippen molar-refractivity contribution in [2.45, 2.75) is 0 Å². The topological polar surface area (TPSA) is 42.4 Å². The number of aromatic nitrogens is 1. The van der Waals surface area contributed by atoms with Gasteiger partial charge in [-0.2, -0.15) is 0 Å². The molecule has 1 radical (unpaired) electrons. The predicted molar refractivity (Wildman–Crippen MR) is 58.3 cm³/mol. The molecule has 1 N–H and O–H groups in total. The molecule has 0 aliphatic carbocycles. The Morgan fingerprint density at radius 1 is 0.933 bits per heavy atom. The first-order valence-corrected chi connectivity index (χ1v) is 4.53. The van der Waals surface area contributed by atoms with Crippen LogP contribution < -0.4 is 4.65 Å². The largest absolute Gasteiger partial charge is 0.569 e. The molecule has 1 aromatic carbocycles. The average molecular weight is 198 g/mol. The van der Waals surface area contributed by atoms with Crippen molar-refractivity contribution in [3.63, 3.8) is 0 Å². The van der Waals surface area contributed by atoms with Crippen LogP contribution in [-0.4, -0.2) is 17.7 Å². The molecule has 0 aliphatic heterocycles. The van der Waals surface area contributed by atoms with Crippen LogP contribution in [0.2, 0.25) is 0 Å². The lowest BCUT2D eigenvalue weighted by molar-refractivity contribution is 0.454. The summed E-state index contributed by atoms with van der Waals surface area (Å²) >= 11 is 0. The molecular weight excluding hydrogens is 189 g/mol. The van der Waals surface area contributed by atoms with Gasteiger partial charge in [0.05, 0.1) is 0 Å². The third-order valence-corrected chi connectivity index (χ3v) is 2.06. The molecule has 0 unspecified atom stereocenters. The smallest absolute Gasteiger partial charge is 0.537 e. The lowest BCUT2D eigenvalue weighted by Gasteiger charge is -2.03. The zero-order valence-corrected chi connectivity index (χ0v) is 8.00. The molecule has 0 saturated heterocycles. The minimum absolute atomic E-state index is 0.607. The number of hydrogen-bond donors (Lipinski definition) is 1. The van der Waals surface area contributed by atoms with E-state index in [1.165, 1.54) is 0 Å². The van der Waals surface area contributed by atoms with E-state index in [-0.39, 0.29) is 0 Å². The highest BCUT2D eigenvalue weighted by Crippen LogP contribution is 2.21. The summed E-state index contributed by atoms with van der Waals surface area (Å²) in [6.07, 6.45) is 3.50. The highest BCUT2D eigenvalue weighted by molar-refractivity contribution is 6.17. The van der Waals surface area contributed by atoms with Crippen LogP contribution in [0, 0.1) is 0 Å². The molecular formula is C11H9BNO2. The van der Waals surface area contributed by atoms with Crippen molar-refractivity contribution in [1.82, 2.24) is 4.98 Å². The van der Waals surface area contributed by atoms with Crippen molar-refractivity contribution < 1.29 is 9.68 Å². The fraction of sp³-hybridized carbons (Fsp3) is 0. The van der Waals surface area contributed by atoms with E-state index >= 15 is 0 Å². The molecule has 2 aromatic rings. The zero-order chi connectivity index (χ0) is 10.5. The Balaban J connectivity index is 2.24. The van der Waals surface area contributed by atoms with Gasteiger partial charge in [0.2, 0.25) is 0 Å². The standard InChI is InChI=1S/C11H9BNO2/c14-12-15-11-3-1-9(2-4-11)10-5-7-13-8-6-10/h1-8,14H. The van der Waals surface area contributed by atoms with Crippen LogP contribution in [0.25, 0.3) is 11.1 Å². The van der Waals surface area contributed by atoms with E-state index in [1.807, 2.05) is 24.3 Å². The molecule has 0 spiro atoms. The van der Waals surface area contributed by atoms with Gasteiger partial charge < -0.3 is 9.68 Å². The van der Waals surface area contributed by atoms with E-state index in [2.05, 4.69) is 4.98 Å². The molecule has 0 atom stereocenters. The van der Waals surface area contributed by atoms with Crippen LogP contribution in [0.4, 0.5) is 0 Å². The summed E-state index contributed by atoms with van der Waals surface area (Å²) in [7, 11) is 0.668. The number of benzene rings is 1. The second-order valence-electron chi connectivity index (χ2n) is 2.98. The lowest BCUT2D eigenvalue weighted by atomic mass is 10.1. The van der Waals surface area contributed by atoms with Gasteiger partial charge in [0.25, 0.3) is 0 Å². The van der Waals surface area contributed by atoms with Crippen molar-refractivity contribution in [2.75, 3.05) is 0 Å². The van der Waals surface area contributed by atoms with E-state index in [0.29, 0.717) is 13.4 Å². The van der Waals surface area contributed by atoms with Gasteiger partial charge in [-0.1, -0.05) is 12.1 Å². The molecule has 3 nitrogen and oxygen atoms in total. The fourth-order valence-electron chi connectivity index (χ4n) is 1.33. The molecule has 1 aromatic heterocycles. The third kappa shape index (κ3) is 2.36. The van der Waals surface area contributed by atoms with Gasteiger partial charge >= 0.3 is 7.69 Å². The van der Waals surface area contributed by atoms with Crippen molar-refractivity contribution in [3.05, 3.63) is 48.8 Å². The average Bonchev–Trinajstić information content (AvgIpc) is 2.32. The van der Waals surface area contributed by atoms with E-state index < -0.39 is 0 Å². The van der Waals surface area contributed by atoms with Crippen LogP contribution in [0.1, 0.15) is 0 Å². The Morgan fingerprint density at radius 2 is 1.53 bits per heavy atom. The normalized spacial score (nSPS) is 9.67.